The van der Waals surface area contributed by atoms with Crippen molar-refractivity contribution in [2.45, 2.75) is 53.9 Å². The molecule has 0 saturated carbocycles. The van der Waals surface area contributed by atoms with Gasteiger partial charge >= 0.3 is 6.03 Å². The van der Waals surface area contributed by atoms with Crippen LogP contribution in [0.3, 0.4) is 0 Å². The molecule has 37 heavy (non-hydrogen) atoms. The lowest BCUT2D eigenvalue weighted by Gasteiger charge is -2.24. The number of benzene rings is 2. The van der Waals surface area contributed by atoms with Gasteiger partial charge in [-0.1, -0.05) is 63.9 Å². The normalized spacial score (nSPS) is 11.5. The van der Waals surface area contributed by atoms with Crippen molar-refractivity contribution in [2.75, 3.05) is 23.7 Å². The van der Waals surface area contributed by atoms with Crippen molar-refractivity contribution in [1.29, 1.82) is 0 Å². The van der Waals surface area contributed by atoms with Gasteiger partial charge < -0.3 is 15.5 Å². The predicted molar refractivity (Wildman–Crippen MR) is 147 cm³/mol. The van der Waals surface area contributed by atoms with Crippen molar-refractivity contribution in [2.24, 2.45) is 5.92 Å². The Morgan fingerprint density at radius 2 is 1.78 bits per heavy atom. The number of carbonyl (C=O) groups is 2. The van der Waals surface area contributed by atoms with Crippen LogP contribution < -0.4 is 10.6 Å². The molecule has 0 unspecified atom stereocenters. The second kappa shape index (κ2) is 11.3. The smallest absolute Gasteiger partial charge is 0.315 e. The maximum Gasteiger partial charge on any atom is 0.322 e. The molecule has 7 nitrogen and oxygen atoms in total. The summed E-state index contributed by atoms with van der Waals surface area (Å²) in [4.78, 5) is 27.6. The molecule has 9 heteroatoms. The van der Waals surface area contributed by atoms with E-state index in [9.17, 15) is 14.0 Å². The number of nitrogens with zero attached hydrogens (tertiary/aromatic N) is 3. The molecule has 3 rings (SSSR count). The van der Waals surface area contributed by atoms with Gasteiger partial charge in [0.1, 0.15) is 18.2 Å². The minimum absolute atomic E-state index is 0.0970. The Hall–Kier alpha value is -3.39. The highest BCUT2D eigenvalue weighted by molar-refractivity contribution is 6.31. The number of anilines is 2. The maximum atomic E-state index is 13.5. The van der Waals surface area contributed by atoms with Gasteiger partial charge in [0.25, 0.3) is 0 Å². The van der Waals surface area contributed by atoms with E-state index in [1.165, 1.54) is 23.1 Å². The number of nitrogens with one attached hydrogen (secondary N) is 2. The lowest BCUT2D eigenvalue weighted by Crippen LogP contribution is -2.42. The zero-order valence-electron chi connectivity index (χ0n) is 22.4. The van der Waals surface area contributed by atoms with E-state index < -0.39 is 11.8 Å². The minimum Gasteiger partial charge on any atom is -0.315 e. The first kappa shape index (κ1) is 28.2. The summed E-state index contributed by atoms with van der Waals surface area (Å²) in [5, 5.41) is 10.3. The summed E-state index contributed by atoms with van der Waals surface area (Å²) in [6.45, 7) is 14.3. The Bertz CT molecular complexity index is 1300. The molecule has 3 aromatic rings. The summed E-state index contributed by atoms with van der Waals surface area (Å²) in [7, 11) is 0. The van der Waals surface area contributed by atoms with Crippen LogP contribution in [0.1, 0.15) is 51.4 Å². The zero-order chi connectivity index (χ0) is 27.5. The Kier molecular flexibility index (Phi) is 8.64. The quantitative estimate of drug-likeness (QED) is 0.358. The summed E-state index contributed by atoms with van der Waals surface area (Å²) in [6.07, 6.45) is 0. The first-order valence-corrected chi connectivity index (χ1v) is 12.6. The van der Waals surface area contributed by atoms with Gasteiger partial charge in [0.15, 0.2) is 0 Å². The second-order valence-electron chi connectivity index (χ2n) is 10.7. The third-order valence-electron chi connectivity index (χ3n) is 5.70. The molecule has 0 aliphatic rings. The molecule has 2 aromatic carbocycles. The SMILES string of the molecule is Cc1ccc(-n2nc(C(C)(C)C)cc2NC(=O)CN(CC(C)C)C(=O)Nc2ccc(F)c(Cl)c2)c(C)c1. The van der Waals surface area contributed by atoms with Crippen LogP contribution in [0.4, 0.5) is 20.7 Å². The topological polar surface area (TPSA) is 79.3 Å². The molecule has 0 saturated heterocycles. The molecular formula is C28H35ClFN5O2. The number of rotatable bonds is 7. The molecule has 0 fully saturated rings. The largest absolute Gasteiger partial charge is 0.322 e. The zero-order valence-corrected chi connectivity index (χ0v) is 23.2. The third-order valence-corrected chi connectivity index (χ3v) is 5.99. The van der Waals surface area contributed by atoms with Crippen LogP contribution in [0.2, 0.25) is 5.02 Å². The van der Waals surface area contributed by atoms with E-state index in [-0.39, 0.29) is 28.8 Å². The summed E-state index contributed by atoms with van der Waals surface area (Å²) in [5.74, 6) is -0.298. The fourth-order valence-corrected chi connectivity index (χ4v) is 4.04. The molecule has 0 spiro atoms. The van der Waals surface area contributed by atoms with Crippen LogP contribution in [0.25, 0.3) is 5.69 Å². The van der Waals surface area contributed by atoms with Gasteiger partial charge in [-0.3, -0.25) is 4.79 Å². The van der Waals surface area contributed by atoms with Crippen molar-refractivity contribution in [3.8, 4) is 5.69 Å². The Balaban J connectivity index is 1.85. The average molecular weight is 528 g/mol. The molecule has 0 radical (unpaired) electrons. The third kappa shape index (κ3) is 7.32. The number of hydrogen-bond acceptors (Lipinski definition) is 3. The monoisotopic (exact) mass is 527 g/mol. The highest BCUT2D eigenvalue weighted by Crippen LogP contribution is 2.28. The number of amides is 3. The van der Waals surface area contributed by atoms with E-state index in [0.29, 0.717) is 18.1 Å². The van der Waals surface area contributed by atoms with E-state index in [0.717, 1.165) is 22.5 Å². The molecule has 0 atom stereocenters. The summed E-state index contributed by atoms with van der Waals surface area (Å²) < 4.78 is 15.2. The lowest BCUT2D eigenvalue weighted by atomic mass is 9.92. The number of halogens is 2. The van der Waals surface area contributed by atoms with Crippen molar-refractivity contribution in [3.63, 3.8) is 0 Å². The minimum atomic E-state index is -0.576. The van der Waals surface area contributed by atoms with Crippen molar-refractivity contribution >= 4 is 35.0 Å². The van der Waals surface area contributed by atoms with Gasteiger partial charge in [-0.2, -0.15) is 5.10 Å². The highest BCUT2D eigenvalue weighted by Gasteiger charge is 2.24. The van der Waals surface area contributed by atoms with Gasteiger partial charge in [0, 0.05) is 23.7 Å². The van der Waals surface area contributed by atoms with Gasteiger partial charge in [0.05, 0.1) is 16.4 Å². The Labute approximate surface area is 223 Å². The lowest BCUT2D eigenvalue weighted by molar-refractivity contribution is -0.116. The van der Waals surface area contributed by atoms with Gasteiger partial charge in [-0.05, 0) is 49.6 Å². The molecule has 0 aliphatic heterocycles. The first-order valence-electron chi connectivity index (χ1n) is 12.2. The average Bonchev–Trinajstić information content (AvgIpc) is 3.19. The van der Waals surface area contributed by atoms with E-state index in [1.54, 1.807) is 4.68 Å². The van der Waals surface area contributed by atoms with E-state index in [1.807, 2.05) is 45.9 Å². The summed E-state index contributed by atoms with van der Waals surface area (Å²) in [6, 6.07) is 11.4. The van der Waals surface area contributed by atoms with E-state index in [2.05, 4.69) is 37.5 Å². The fraction of sp³-hybridized carbons (Fsp3) is 0.393. The van der Waals surface area contributed by atoms with Gasteiger partial charge in [0.2, 0.25) is 5.91 Å². The van der Waals surface area contributed by atoms with Crippen LogP contribution in [-0.2, 0) is 10.2 Å². The number of hydrogen-bond donors (Lipinski definition) is 2. The van der Waals surface area contributed by atoms with Gasteiger partial charge in [-0.25, -0.2) is 13.9 Å². The summed E-state index contributed by atoms with van der Waals surface area (Å²) >= 11 is 5.84. The Morgan fingerprint density at radius 3 is 2.38 bits per heavy atom. The van der Waals surface area contributed by atoms with Crippen molar-refractivity contribution in [1.82, 2.24) is 14.7 Å². The van der Waals surface area contributed by atoms with Crippen LogP contribution in [0.15, 0.2) is 42.5 Å². The summed E-state index contributed by atoms with van der Waals surface area (Å²) in [5.41, 5.74) is 3.96. The fourth-order valence-electron chi connectivity index (χ4n) is 3.86. The van der Waals surface area contributed by atoms with Crippen LogP contribution in [0, 0.1) is 25.6 Å². The molecule has 1 aromatic heterocycles. The number of aryl methyl sites for hydroxylation is 2. The second-order valence-corrected chi connectivity index (χ2v) is 11.2. The van der Waals surface area contributed by atoms with Crippen LogP contribution >= 0.6 is 11.6 Å². The van der Waals surface area contributed by atoms with Crippen molar-refractivity contribution < 1.29 is 14.0 Å². The molecule has 0 bridgehead atoms. The highest BCUT2D eigenvalue weighted by atomic mass is 35.5. The molecule has 2 N–H and O–H groups in total. The maximum absolute atomic E-state index is 13.5. The molecule has 1 heterocycles. The van der Waals surface area contributed by atoms with Gasteiger partial charge in [-0.15, -0.1) is 0 Å². The number of carbonyl (C=O) groups excluding carboxylic acids is 2. The van der Waals surface area contributed by atoms with E-state index >= 15 is 0 Å². The number of aromatic nitrogens is 2. The number of urea groups is 1. The molecule has 0 aliphatic carbocycles. The van der Waals surface area contributed by atoms with Crippen LogP contribution in [0.5, 0.6) is 0 Å². The standard InChI is InChI=1S/C28H35ClFN5O2/c1-17(2)15-34(27(37)31-20-9-10-22(30)21(29)13-20)16-26(36)32-25-14-24(28(5,6)7)33-35(25)23-11-8-18(3)12-19(23)4/h8-14,17H,15-16H2,1-7H3,(H,31,37)(H,32,36). The van der Waals surface area contributed by atoms with E-state index in [4.69, 9.17) is 16.7 Å². The first-order chi connectivity index (χ1) is 17.2. The Morgan fingerprint density at radius 1 is 1.08 bits per heavy atom. The molecule has 198 valence electrons. The predicted octanol–water partition coefficient (Wildman–Crippen LogP) is 6.71. The molecule has 3 amide bonds. The van der Waals surface area contributed by atoms with Crippen LogP contribution in [-0.4, -0.2) is 39.7 Å². The van der Waals surface area contributed by atoms with Crippen molar-refractivity contribution in [3.05, 3.63) is 70.1 Å². The molecular weight excluding hydrogens is 493 g/mol.